The first kappa shape index (κ1) is 10.9. The molecule has 0 amide bonds. The maximum absolute atomic E-state index is 12.4. The quantitative estimate of drug-likeness (QED) is 0.832. The molecule has 0 atom stereocenters. The summed E-state index contributed by atoms with van der Waals surface area (Å²) in [5, 5.41) is 8.40. The number of nitrogens with two attached hydrogens (primary N) is 1. The summed E-state index contributed by atoms with van der Waals surface area (Å²) in [7, 11) is 0. The molecule has 14 heavy (non-hydrogen) atoms. The van der Waals surface area contributed by atoms with Gasteiger partial charge in [0.1, 0.15) is 4.60 Å². The van der Waals surface area contributed by atoms with E-state index in [9.17, 15) is 8.78 Å². The third kappa shape index (κ3) is 2.17. The highest BCUT2D eigenvalue weighted by Crippen LogP contribution is 2.27. The van der Waals surface area contributed by atoms with E-state index >= 15 is 0 Å². The number of nitrogen functional groups attached to an aromatic ring is 1. The number of nitrogens with zero attached hydrogens (tertiary/aromatic N) is 2. The van der Waals surface area contributed by atoms with Gasteiger partial charge in [0.2, 0.25) is 0 Å². The maximum Gasteiger partial charge on any atom is 0.265 e. The molecule has 0 spiro atoms. The summed E-state index contributed by atoms with van der Waals surface area (Å²) in [6.45, 7) is 0. The summed E-state index contributed by atoms with van der Waals surface area (Å²) in [5.74, 6) is 0. The van der Waals surface area contributed by atoms with Crippen LogP contribution < -0.4 is 5.73 Å². The zero-order valence-corrected chi connectivity index (χ0v) is 8.55. The molecule has 0 aliphatic rings. The molecular formula is C8H6BrF2N3. The van der Waals surface area contributed by atoms with E-state index in [1.54, 1.807) is 6.07 Å². The molecule has 0 aliphatic carbocycles. The zero-order chi connectivity index (χ0) is 10.7. The molecule has 0 radical (unpaired) electrons. The van der Waals surface area contributed by atoms with Crippen molar-refractivity contribution in [1.29, 1.82) is 5.26 Å². The van der Waals surface area contributed by atoms with Crippen LogP contribution in [0.4, 0.5) is 14.5 Å². The molecule has 0 bridgehead atoms. The second-order valence-electron chi connectivity index (χ2n) is 2.54. The number of rotatable bonds is 2. The fourth-order valence-electron chi connectivity index (χ4n) is 0.963. The third-order valence-corrected chi connectivity index (χ3v) is 2.23. The van der Waals surface area contributed by atoms with Crippen molar-refractivity contribution in [3.8, 4) is 6.07 Å². The van der Waals surface area contributed by atoms with Gasteiger partial charge in [0.25, 0.3) is 6.43 Å². The van der Waals surface area contributed by atoms with E-state index in [0.717, 1.165) is 6.07 Å². The molecule has 0 saturated heterocycles. The fraction of sp³-hybridized carbons (Fsp3) is 0.250. The summed E-state index contributed by atoms with van der Waals surface area (Å²) in [4.78, 5) is 3.77. The van der Waals surface area contributed by atoms with Crippen LogP contribution >= 0.6 is 15.9 Å². The van der Waals surface area contributed by atoms with E-state index in [2.05, 4.69) is 20.9 Å². The summed E-state index contributed by atoms with van der Waals surface area (Å²) in [5.41, 5.74) is 5.31. The summed E-state index contributed by atoms with van der Waals surface area (Å²) in [6, 6.07) is 2.90. The lowest BCUT2D eigenvalue weighted by molar-refractivity contribution is 0.150. The van der Waals surface area contributed by atoms with Gasteiger partial charge in [-0.3, -0.25) is 0 Å². The average Bonchev–Trinajstić information content (AvgIpc) is 2.11. The van der Waals surface area contributed by atoms with Crippen molar-refractivity contribution in [2.45, 2.75) is 12.8 Å². The standard InChI is InChI=1S/C8H6BrF2N3/c9-7-5(13)3-4(8(10)11)6(14-7)1-2-12/h3,8H,1,13H2. The maximum atomic E-state index is 12.4. The van der Waals surface area contributed by atoms with Gasteiger partial charge in [0, 0.05) is 5.56 Å². The molecule has 74 valence electrons. The van der Waals surface area contributed by atoms with Crippen LogP contribution in [0.3, 0.4) is 0 Å². The number of aromatic nitrogens is 1. The molecule has 0 saturated carbocycles. The van der Waals surface area contributed by atoms with E-state index in [4.69, 9.17) is 11.0 Å². The lowest BCUT2D eigenvalue weighted by atomic mass is 10.1. The van der Waals surface area contributed by atoms with Crippen LogP contribution in [0, 0.1) is 11.3 Å². The van der Waals surface area contributed by atoms with Crippen molar-refractivity contribution in [3.05, 3.63) is 21.9 Å². The number of halogens is 3. The molecule has 0 aromatic carbocycles. The van der Waals surface area contributed by atoms with Gasteiger partial charge in [0.15, 0.2) is 0 Å². The van der Waals surface area contributed by atoms with Crippen LogP contribution in [0.1, 0.15) is 17.7 Å². The topological polar surface area (TPSA) is 62.7 Å². The normalized spacial score (nSPS) is 10.2. The number of hydrogen-bond acceptors (Lipinski definition) is 3. The molecule has 1 heterocycles. The second-order valence-corrected chi connectivity index (χ2v) is 3.29. The van der Waals surface area contributed by atoms with Gasteiger partial charge in [-0.05, 0) is 22.0 Å². The Kier molecular flexibility index (Phi) is 3.36. The van der Waals surface area contributed by atoms with Crippen molar-refractivity contribution in [1.82, 2.24) is 4.98 Å². The minimum atomic E-state index is -2.67. The van der Waals surface area contributed by atoms with Crippen molar-refractivity contribution in [3.63, 3.8) is 0 Å². The largest absolute Gasteiger partial charge is 0.397 e. The average molecular weight is 262 g/mol. The van der Waals surface area contributed by atoms with Crippen LogP contribution in [0.2, 0.25) is 0 Å². The zero-order valence-electron chi connectivity index (χ0n) is 6.97. The van der Waals surface area contributed by atoms with Crippen molar-refractivity contribution >= 4 is 21.6 Å². The van der Waals surface area contributed by atoms with Crippen LogP contribution in [0.5, 0.6) is 0 Å². The fourth-order valence-corrected chi connectivity index (χ4v) is 1.29. The monoisotopic (exact) mass is 261 g/mol. The molecule has 3 nitrogen and oxygen atoms in total. The highest BCUT2D eigenvalue weighted by molar-refractivity contribution is 9.10. The minimum absolute atomic E-state index is 0.0589. The van der Waals surface area contributed by atoms with Gasteiger partial charge < -0.3 is 5.73 Å². The predicted molar refractivity (Wildman–Crippen MR) is 50.6 cm³/mol. The third-order valence-electron chi connectivity index (χ3n) is 1.60. The predicted octanol–water partition coefficient (Wildman–Crippen LogP) is 2.43. The molecule has 1 aromatic rings. The Morgan fingerprint density at radius 3 is 2.79 bits per heavy atom. The van der Waals surface area contributed by atoms with Gasteiger partial charge in [0.05, 0.1) is 23.9 Å². The first-order valence-electron chi connectivity index (χ1n) is 3.66. The Hall–Kier alpha value is -1.22. The van der Waals surface area contributed by atoms with Gasteiger partial charge in [-0.15, -0.1) is 0 Å². The Morgan fingerprint density at radius 1 is 1.64 bits per heavy atom. The molecular weight excluding hydrogens is 256 g/mol. The Morgan fingerprint density at radius 2 is 2.29 bits per heavy atom. The van der Waals surface area contributed by atoms with Crippen molar-refractivity contribution in [2.75, 3.05) is 5.73 Å². The molecule has 2 N–H and O–H groups in total. The lowest BCUT2D eigenvalue weighted by Gasteiger charge is -2.07. The minimum Gasteiger partial charge on any atom is -0.397 e. The number of pyridine rings is 1. The van der Waals surface area contributed by atoms with Crippen LogP contribution in [0.25, 0.3) is 0 Å². The van der Waals surface area contributed by atoms with E-state index in [1.165, 1.54) is 0 Å². The van der Waals surface area contributed by atoms with Crippen LogP contribution in [-0.4, -0.2) is 4.98 Å². The summed E-state index contributed by atoms with van der Waals surface area (Å²) in [6.07, 6.45) is -2.82. The summed E-state index contributed by atoms with van der Waals surface area (Å²) < 4.78 is 25.2. The highest BCUT2D eigenvalue weighted by Gasteiger charge is 2.16. The summed E-state index contributed by atoms with van der Waals surface area (Å²) >= 11 is 3.01. The van der Waals surface area contributed by atoms with Crippen LogP contribution in [0.15, 0.2) is 10.7 Å². The van der Waals surface area contributed by atoms with Crippen molar-refractivity contribution in [2.24, 2.45) is 0 Å². The number of alkyl halides is 2. The second kappa shape index (κ2) is 4.33. The highest BCUT2D eigenvalue weighted by atomic mass is 79.9. The smallest absolute Gasteiger partial charge is 0.265 e. The molecule has 1 rings (SSSR count). The SMILES string of the molecule is N#CCc1nc(Br)c(N)cc1C(F)F. The molecule has 1 aromatic heterocycles. The van der Waals surface area contributed by atoms with Gasteiger partial charge in [-0.2, -0.15) is 5.26 Å². The molecule has 6 heteroatoms. The van der Waals surface area contributed by atoms with E-state index < -0.39 is 6.43 Å². The number of anilines is 1. The molecule has 0 unspecified atom stereocenters. The van der Waals surface area contributed by atoms with E-state index in [0.29, 0.717) is 0 Å². The van der Waals surface area contributed by atoms with Crippen molar-refractivity contribution < 1.29 is 8.78 Å². The first-order valence-corrected chi connectivity index (χ1v) is 4.45. The van der Waals surface area contributed by atoms with E-state index in [1.807, 2.05) is 0 Å². The Labute approximate surface area is 87.7 Å². The van der Waals surface area contributed by atoms with E-state index in [-0.39, 0.29) is 28.0 Å². The number of nitriles is 1. The number of hydrogen-bond donors (Lipinski definition) is 1. The van der Waals surface area contributed by atoms with Gasteiger partial charge in [-0.25, -0.2) is 13.8 Å². The lowest BCUT2D eigenvalue weighted by Crippen LogP contribution is -2.01. The van der Waals surface area contributed by atoms with Crippen LogP contribution in [-0.2, 0) is 6.42 Å². The molecule has 0 fully saturated rings. The van der Waals surface area contributed by atoms with Gasteiger partial charge in [-0.1, -0.05) is 0 Å². The first-order chi connectivity index (χ1) is 6.56. The Bertz CT molecular complexity index is 387. The molecule has 0 aliphatic heterocycles. The Balaban J connectivity index is 3.25. The van der Waals surface area contributed by atoms with Gasteiger partial charge >= 0.3 is 0 Å².